The molecule has 0 aliphatic rings. The Hall–Kier alpha value is -2.45. The standard InChI is InChI=1S/C18H14FN3O2S2/c1-11(23-13-8-6-12(19)7-9-13)17-21-22-18(24-17)25-10-16-20-14-4-2-3-5-15(14)26-16/h2-9,11H,10H2,1H3/t11-/m0/s1. The number of para-hydroxylation sites is 1. The van der Waals surface area contributed by atoms with Crippen molar-refractivity contribution in [1.82, 2.24) is 15.2 Å². The molecule has 4 rings (SSSR count). The number of aromatic nitrogens is 3. The molecule has 0 fully saturated rings. The first-order valence-corrected chi connectivity index (χ1v) is 9.70. The molecule has 2 aromatic heterocycles. The molecule has 0 radical (unpaired) electrons. The molecular weight excluding hydrogens is 373 g/mol. The summed E-state index contributed by atoms with van der Waals surface area (Å²) < 4.78 is 25.4. The predicted octanol–water partition coefficient (Wildman–Crippen LogP) is 5.25. The van der Waals surface area contributed by atoms with Gasteiger partial charge in [0.15, 0.2) is 6.10 Å². The Balaban J connectivity index is 1.38. The first-order chi connectivity index (χ1) is 12.7. The zero-order valence-corrected chi connectivity index (χ0v) is 15.4. The van der Waals surface area contributed by atoms with Crippen molar-refractivity contribution in [3.8, 4) is 5.75 Å². The Morgan fingerprint density at radius 3 is 2.77 bits per heavy atom. The second-order valence-electron chi connectivity index (χ2n) is 5.48. The molecule has 0 spiro atoms. The van der Waals surface area contributed by atoms with Crippen molar-refractivity contribution in [3.63, 3.8) is 0 Å². The van der Waals surface area contributed by atoms with Gasteiger partial charge in [-0.2, -0.15) is 0 Å². The van der Waals surface area contributed by atoms with E-state index in [0.717, 1.165) is 15.2 Å². The molecule has 0 saturated heterocycles. The van der Waals surface area contributed by atoms with Crippen LogP contribution in [0, 0.1) is 5.82 Å². The van der Waals surface area contributed by atoms with Gasteiger partial charge in [-0.05, 0) is 43.3 Å². The average molecular weight is 387 g/mol. The van der Waals surface area contributed by atoms with Crippen LogP contribution >= 0.6 is 23.1 Å². The summed E-state index contributed by atoms with van der Waals surface area (Å²) in [6.45, 7) is 1.80. The first kappa shape index (κ1) is 17.0. The van der Waals surface area contributed by atoms with Crippen molar-refractivity contribution in [2.24, 2.45) is 0 Å². The van der Waals surface area contributed by atoms with Gasteiger partial charge in [-0.3, -0.25) is 0 Å². The van der Waals surface area contributed by atoms with Gasteiger partial charge in [0.25, 0.3) is 11.1 Å². The predicted molar refractivity (Wildman–Crippen MR) is 98.9 cm³/mol. The number of hydrogen-bond donors (Lipinski definition) is 0. The molecule has 0 N–H and O–H groups in total. The maximum absolute atomic E-state index is 12.9. The Morgan fingerprint density at radius 2 is 1.96 bits per heavy atom. The summed E-state index contributed by atoms with van der Waals surface area (Å²) >= 11 is 3.09. The van der Waals surface area contributed by atoms with E-state index in [0.29, 0.717) is 22.6 Å². The molecule has 8 heteroatoms. The summed E-state index contributed by atoms with van der Waals surface area (Å²) in [7, 11) is 0. The van der Waals surface area contributed by atoms with Crippen LogP contribution in [0.1, 0.15) is 23.9 Å². The normalized spacial score (nSPS) is 12.4. The Morgan fingerprint density at radius 1 is 1.15 bits per heavy atom. The summed E-state index contributed by atoms with van der Waals surface area (Å²) in [5.74, 6) is 1.27. The number of nitrogens with zero attached hydrogens (tertiary/aromatic N) is 3. The van der Waals surface area contributed by atoms with Crippen molar-refractivity contribution >= 4 is 33.3 Å². The second-order valence-corrected chi connectivity index (χ2v) is 7.53. The molecule has 2 heterocycles. The number of halogens is 1. The summed E-state index contributed by atoms with van der Waals surface area (Å²) in [6, 6.07) is 13.8. The lowest BCUT2D eigenvalue weighted by Crippen LogP contribution is -2.03. The topological polar surface area (TPSA) is 61.0 Å². The van der Waals surface area contributed by atoms with Crippen LogP contribution in [0.25, 0.3) is 10.2 Å². The van der Waals surface area contributed by atoms with E-state index < -0.39 is 6.10 Å². The van der Waals surface area contributed by atoms with Gasteiger partial charge in [0.2, 0.25) is 0 Å². The van der Waals surface area contributed by atoms with Crippen LogP contribution in [-0.4, -0.2) is 15.2 Å². The minimum Gasteiger partial charge on any atom is -0.481 e. The smallest absolute Gasteiger partial charge is 0.277 e. The Kier molecular flexibility index (Phi) is 4.85. The van der Waals surface area contributed by atoms with Crippen molar-refractivity contribution in [3.05, 3.63) is 65.2 Å². The highest BCUT2D eigenvalue weighted by Gasteiger charge is 2.16. The Labute approximate surface area is 157 Å². The molecule has 1 atom stereocenters. The molecule has 26 heavy (non-hydrogen) atoms. The van der Waals surface area contributed by atoms with E-state index in [9.17, 15) is 4.39 Å². The maximum atomic E-state index is 12.9. The second kappa shape index (κ2) is 7.43. The number of ether oxygens (including phenoxy) is 1. The number of benzene rings is 2. The largest absolute Gasteiger partial charge is 0.481 e. The fraction of sp³-hybridized carbons (Fsp3) is 0.167. The van der Waals surface area contributed by atoms with Gasteiger partial charge in [0.05, 0.1) is 16.0 Å². The highest BCUT2D eigenvalue weighted by atomic mass is 32.2. The fourth-order valence-corrected chi connectivity index (χ4v) is 4.05. The van der Waals surface area contributed by atoms with Crippen molar-refractivity contribution in [2.75, 3.05) is 0 Å². The molecule has 5 nitrogen and oxygen atoms in total. The average Bonchev–Trinajstić information content (AvgIpc) is 3.28. The highest BCUT2D eigenvalue weighted by molar-refractivity contribution is 7.98. The van der Waals surface area contributed by atoms with Crippen LogP contribution in [-0.2, 0) is 5.75 Å². The molecule has 0 bridgehead atoms. The number of thioether (sulfide) groups is 1. The summed E-state index contributed by atoms with van der Waals surface area (Å²) in [4.78, 5) is 4.59. The van der Waals surface area contributed by atoms with E-state index in [1.807, 2.05) is 18.2 Å². The maximum Gasteiger partial charge on any atom is 0.277 e. The number of thiazole rings is 1. The van der Waals surface area contributed by atoms with Gasteiger partial charge in [0.1, 0.15) is 16.6 Å². The molecule has 2 aromatic carbocycles. The van der Waals surface area contributed by atoms with Gasteiger partial charge in [-0.25, -0.2) is 9.37 Å². The van der Waals surface area contributed by atoms with Gasteiger partial charge < -0.3 is 9.15 Å². The lowest BCUT2D eigenvalue weighted by Gasteiger charge is -2.10. The molecule has 0 unspecified atom stereocenters. The summed E-state index contributed by atoms with van der Waals surface area (Å²) in [5, 5.41) is 9.55. The molecular formula is C18H14FN3O2S2. The van der Waals surface area contributed by atoms with Crippen LogP contribution in [0.3, 0.4) is 0 Å². The quantitative estimate of drug-likeness (QED) is 0.421. The third kappa shape index (κ3) is 3.86. The van der Waals surface area contributed by atoms with Crippen LogP contribution in [0.15, 0.2) is 58.2 Å². The van der Waals surface area contributed by atoms with E-state index in [1.165, 1.54) is 23.9 Å². The number of rotatable bonds is 6. The number of hydrogen-bond acceptors (Lipinski definition) is 7. The van der Waals surface area contributed by atoms with E-state index in [2.05, 4.69) is 21.2 Å². The van der Waals surface area contributed by atoms with Crippen molar-refractivity contribution in [1.29, 1.82) is 0 Å². The first-order valence-electron chi connectivity index (χ1n) is 7.90. The highest BCUT2D eigenvalue weighted by Crippen LogP contribution is 2.29. The fourth-order valence-electron chi connectivity index (χ4n) is 2.32. The third-order valence-electron chi connectivity index (χ3n) is 3.55. The van der Waals surface area contributed by atoms with Gasteiger partial charge >= 0.3 is 0 Å². The van der Waals surface area contributed by atoms with Crippen molar-refractivity contribution < 1.29 is 13.5 Å². The van der Waals surface area contributed by atoms with E-state index >= 15 is 0 Å². The van der Waals surface area contributed by atoms with Gasteiger partial charge in [-0.1, -0.05) is 23.9 Å². The molecule has 4 aromatic rings. The summed E-state index contributed by atoms with van der Waals surface area (Å²) in [5.41, 5.74) is 1.00. The molecule has 0 aliphatic heterocycles. The third-order valence-corrected chi connectivity index (χ3v) is 5.60. The van der Waals surface area contributed by atoms with E-state index in [4.69, 9.17) is 9.15 Å². The molecule has 0 amide bonds. The summed E-state index contributed by atoms with van der Waals surface area (Å²) in [6.07, 6.45) is -0.426. The number of fused-ring (bicyclic) bond motifs is 1. The van der Waals surface area contributed by atoms with Crippen LogP contribution in [0.5, 0.6) is 5.75 Å². The van der Waals surface area contributed by atoms with Crippen LogP contribution in [0.4, 0.5) is 4.39 Å². The van der Waals surface area contributed by atoms with Gasteiger partial charge in [0, 0.05) is 0 Å². The van der Waals surface area contributed by atoms with E-state index in [1.54, 1.807) is 30.4 Å². The SMILES string of the molecule is C[C@H](Oc1ccc(F)cc1)c1nnc(SCc2nc3ccccc3s2)o1. The molecule has 0 saturated carbocycles. The van der Waals surface area contributed by atoms with Crippen LogP contribution < -0.4 is 4.74 Å². The van der Waals surface area contributed by atoms with E-state index in [-0.39, 0.29) is 5.82 Å². The minimum absolute atomic E-state index is 0.309. The lowest BCUT2D eigenvalue weighted by molar-refractivity contribution is 0.181. The minimum atomic E-state index is -0.426. The van der Waals surface area contributed by atoms with Crippen molar-refractivity contribution in [2.45, 2.75) is 24.0 Å². The Bertz CT molecular complexity index is 984. The zero-order chi connectivity index (χ0) is 17.9. The van der Waals surface area contributed by atoms with Gasteiger partial charge in [-0.15, -0.1) is 21.5 Å². The monoisotopic (exact) mass is 387 g/mol. The molecule has 132 valence electrons. The lowest BCUT2D eigenvalue weighted by atomic mass is 10.3. The van der Waals surface area contributed by atoms with Crippen LogP contribution in [0.2, 0.25) is 0 Å². The molecule has 0 aliphatic carbocycles. The zero-order valence-electron chi connectivity index (χ0n) is 13.8.